The summed E-state index contributed by atoms with van der Waals surface area (Å²) in [6.07, 6.45) is 5.05. The highest BCUT2D eigenvalue weighted by Gasteiger charge is 2.29. The van der Waals surface area contributed by atoms with Gasteiger partial charge in [0, 0.05) is 48.9 Å². The van der Waals surface area contributed by atoms with Gasteiger partial charge in [0.2, 0.25) is 5.91 Å². The van der Waals surface area contributed by atoms with Crippen molar-refractivity contribution in [3.63, 3.8) is 0 Å². The lowest BCUT2D eigenvalue weighted by Gasteiger charge is -2.19. The number of nitrogens with one attached hydrogen (secondary N) is 2. The number of nitrogens with two attached hydrogens (primary N) is 1. The van der Waals surface area contributed by atoms with Crippen molar-refractivity contribution in [2.45, 2.75) is 65.5 Å². The predicted octanol–water partition coefficient (Wildman–Crippen LogP) is 3.76. The lowest BCUT2D eigenvalue weighted by Crippen LogP contribution is -2.32. The summed E-state index contributed by atoms with van der Waals surface area (Å²) in [7, 11) is 0. The first-order valence-electron chi connectivity index (χ1n) is 12.3. The molecule has 9 nitrogen and oxygen atoms in total. The zero-order valence-electron chi connectivity index (χ0n) is 21.1. The van der Waals surface area contributed by atoms with Crippen LogP contribution in [0.1, 0.15) is 56.2 Å². The third-order valence-corrected chi connectivity index (χ3v) is 7.35. The molecule has 0 radical (unpaired) electrons. The van der Waals surface area contributed by atoms with E-state index in [1.165, 1.54) is 11.1 Å². The van der Waals surface area contributed by atoms with E-state index in [2.05, 4.69) is 72.2 Å². The molecule has 0 saturated carbocycles. The zero-order valence-corrected chi connectivity index (χ0v) is 21.1. The van der Waals surface area contributed by atoms with Crippen molar-refractivity contribution < 1.29 is 4.79 Å². The summed E-state index contributed by atoms with van der Waals surface area (Å²) in [5.74, 6) is 0.903. The van der Waals surface area contributed by atoms with E-state index in [4.69, 9.17) is 10.7 Å². The number of aromatic nitrogens is 5. The van der Waals surface area contributed by atoms with Gasteiger partial charge in [-0.2, -0.15) is 5.10 Å². The number of rotatable bonds is 7. The molecule has 1 amide bonds. The Labute approximate surface area is 205 Å². The minimum atomic E-state index is -0.251. The Morgan fingerprint density at radius 1 is 1.29 bits per heavy atom. The molecule has 0 unspecified atom stereocenters. The Morgan fingerprint density at radius 2 is 2.09 bits per heavy atom. The summed E-state index contributed by atoms with van der Waals surface area (Å²) in [5.41, 5.74) is 14.0. The second-order valence-electron chi connectivity index (χ2n) is 10.1. The number of likely N-dealkylation sites (tertiary alicyclic amines) is 1. The van der Waals surface area contributed by atoms with Gasteiger partial charge in [0.25, 0.3) is 0 Å². The summed E-state index contributed by atoms with van der Waals surface area (Å²) >= 11 is 0. The fourth-order valence-electron chi connectivity index (χ4n) is 5.37. The smallest absolute Gasteiger partial charge is 0.218 e. The minimum Gasteiger partial charge on any atom is -0.370 e. The van der Waals surface area contributed by atoms with Gasteiger partial charge < -0.3 is 16.0 Å². The van der Waals surface area contributed by atoms with Gasteiger partial charge in [0.1, 0.15) is 12.1 Å². The van der Waals surface area contributed by atoms with E-state index in [-0.39, 0.29) is 17.9 Å². The summed E-state index contributed by atoms with van der Waals surface area (Å²) in [5, 5.41) is 8.01. The van der Waals surface area contributed by atoms with E-state index in [9.17, 15) is 4.79 Å². The molecule has 1 saturated heterocycles. The number of carbonyl (C=O) groups excluding carboxylic acids is 1. The van der Waals surface area contributed by atoms with Crippen molar-refractivity contribution in [1.82, 2.24) is 29.5 Å². The SMILES string of the molecule is Cc1c(-c2[nH]c3ccc(N[C@@H]4C[C@H](C)N(CCC(N)=O)C4)nc3c2C(C)C)cn2ncnc2c1C. The van der Waals surface area contributed by atoms with Crippen LogP contribution in [0.4, 0.5) is 5.82 Å². The number of hydrogen-bond donors (Lipinski definition) is 3. The molecule has 5 heterocycles. The highest BCUT2D eigenvalue weighted by atomic mass is 16.1. The highest BCUT2D eigenvalue weighted by Crippen LogP contribution is 2.37. The normalized spacial score (nSPS) is 18.8. The first-order valence-corrected chi connectivity index (χ1v) is 12.3. The maximum Gasteiger partial charge on any atom is 0.218 e. The number of hydrogen-bond acceptors (Lipinski definition) is 6. The molecule has 0 aliphatic carbocycles. The molecule has 35 heavy (non-hydrogen) atoms. The number of anilines is 1. The number of primary amides is 1. The second-order valence-corrected chi connectivity index (χ2v) is 10.1. The quantitative estimate of drug-likeness (QED) is 0.375. The van der Waals surface area contributed by atoms with E-state index in [0.717, 1.165) is 52.3 Å². The lowest BCUT2D eigenvalue weighted by atomic mass is 9.95. The van der Waals surface area contributed by atoms with Crippen LogP contribution in [-0.4, -0.2) is 60.5 Å². The van der Waals surface area contributed by atoms with Crippen LogP contribution in [0, 0.1) is 13.8 Å². The fraction of sp³-hybridized carbons (Fsp3) is 0.462. The molecule has 0 aromatic carbocycles. The number of aryl methyl sites for hydroxylation is 1. The van der Waals surface area contributed by atoms with Crippen molar-refractivity contribution in [2.75, 3.05) is 18.4 Å². The molecule has 4 aromatic heterocycles. The van der Waals surface area contributed by atoms with Crippen LogP contribution < -0.4 is 11.1 Å². The summed E-state index contributed by atoms with van der Waals surface area (Å²) in [6.45, 7) is 12.4. The van der Waals surface area contributed by atoms with Crippen molar-refractivity contribution in [2.24, 2.45) is 5.73 Å². The van der Waals surface area contributed by atoms with E-state index in [1.807, 2.05) is 10.6 Å². The van der Waals surface area contributed by atoms with Gasteiger partial charge in [-0.15, -0.1) is 0 Å². The Kier molecular flexibility index (Phi) is 5.96. The van der Waals surface area contributed by atoms with E-state index in [1.54, 1.807) is 6.33 Å². The average Bonchev–Trinajstić information content (AvgIpc) is 3.51. The number of nitrogens with zero attached hydrogens (tertiary/aromatic N) is 5. The Bertz CT molecular complexity index is 1400. The van der Waals surface area contributed by atoms with Crippen LogP contribution in [0.15, 0.2) is 24.7 Å². The van der Waals surface area contributed by atoms with E-state index < -0.39 is 0 Å². The highest BCUT2D eigenvalue weighted by molar-refractivity contribution is 5.90. The van der Waals surface area contributed by atoms with Crippen molar-refractivity contribution in [3.05, 3.63) is 41.3 Å². The Balaban J connectivity index is 1.48. The third kappa shape index (κ3) is 4.25. The van der Waals surface area contributed by atoms with Gasteiger partial charge in [-0.1, -0.05) is 13.8 Å². The molecule has 4 aromatic rings. The van der Waals surface area contributed by atoms with Crippen LogP contribution in [0.5, 0.6) is 0 Å². The lowest BCUT2D eigenvalue weighted by molar-refractivity contribution is -0.118. The van der Waals surface area contributed by atoms with Crippen molar-refractivity contribution in [1.29, 1.82) is 0 Å². The Hall–Kier alpha value is -3.46. The average molecular weight is 475 g/mol. The third-order valence-electron chi connectivity index (χ3n) is 7.35. The van der Waals surface area contributed by atoms with Crippen LogP contribution in [-0.2, 0) is 4.79 Å². The largest absolute Gasteiger partial charge is 0.370 e. The van der Waals surface area contributed by atoms with Gasteiger partial charge in [-0.05, 0) is 56.4 Å². The van der Waals surface area contributed by atoms with E-state index in [0.29, 0.717) is 19.0 Å². The van der Waals surface area contributed by atoms with Crippen LogP contribution >= 0.6 is 0 Å². The topological polar surface area (TPSA) is 117 Å². The first kappa shape index (κ1) is 23.3. The van der Waals surface area contributed by atoms with Crippen LogP contribution in [0.3, 0.4) is 0 Å². The summed E-state index contributed by atoms with van der Waals surface area (Å²) < 4.78 is 1.85. The van der Waals surface area contributed by atoms with Gasteiger partial charge in [0.15, 0.2) is 5.65 Å². The molecule has 1 fully saturated rings. The molecule has 0 spiro atoms. The van der Waals surface area contributed by atoms with Gasteiger partial charge in [-0.3, -0.25) is 9.69 Å². The summed E-state index contributed by atoms with van der Waals surface area (Å²) in [6, 6.07) is 4.84. The molecule has 4 N–H and O–H groups in total. The number of H-pyrrole nitrogens is 1. The number of aromatic amines is 1. The zero-order chi connectivity index (χ0) is 24.9. The number of amides is 1. The molecular formula is C26H34N8O. The molecular weight excluding hydrogens is 440 g/mol. The predicted molar refractivity (Wildman–Crippen MR) is 139 cm³/mol. The fourth-order valence-corrected chi connectivity index (χ4v) is 5.37. The monoisotopic (exact) mass is 474 g/mol. The molecule has 0 bridgehead atoms. The van der Waals surface area contributed by atoms with Gasteiger partial charge in [-0.25, -0.2) is 14.5 Å². The van der Waals surface area contributed by atoms with Crippen LogP contribution in [0.25, 0.3) is 27.9 Å². The van der Waals surface area contributed by atoms with Crippen molar-refractivity contribution in [3.8, 4) is 11.3 Å². The summed E-state index contributed by atoms with van der Waals surface area (Å²) in [4.78, 5) is 26.6. The number of pyridine rings is 2. The van der Waals surface area contributed by atoms with E-state index >= 15 is 0 Å². The van der Waals surface area contributed by atoms with Gasteiger partial charge in [0.05, 0.1) is 16.7 Å². The van der Waals surface area contributed by atoms with Gasteiger partial charge >= 0.3 is 0 Å². The maximum absolute atomic E-state index is 11.2. The maximum atomic E-state index is 11.2. The first-order chi connectivity index (χ1) is 16.7. The minimum absolute atomic E-state index is 0.251. The molecule has 184 valence electrons. The number of carbonyl (C=O) groups is 1. The molecule has 1 aliphatic rings. The Morgan fingerprint density at radius 3 is 2.83 bits per heavy atom. The number of fused-ring (bicyclic) bond motifs is 2. The molecule has 5 rings (SSSR count). The molecule has 2 atom stereocenters. The van der Waals surface area contributed by atoms with Crippen LogP contribution in [0.2, 0.25) is 0 Å². The van der Waals surface area contributed by atoms with Crippen molar-refractivity contribution >= 4 is 28.4 Å². The molecule has 1 aliphatic heterocycles. The second kappa shape index (κ2) is 8.96. The molecule has 9 heteroatoms. The standard InChI is InChI=1S/C26H34N8O/c1-14(2)23-24(19-12-34-26(28-13-29-34)17(5)16(19)4)31-20-6-7-22(32-25(20)23)30-18-10-15(3)33(11-18)9-8-21(27)35/h6-7,12-15,18,31H,8-11H2,1-5H3,(H2,27,35)(H,30,32)/t15-,18+/m0/s1.